The van der Waals surface area contributed by atoms with Gasteiger partial charge in [0.2, 0.25) is 5.78 Å². The second-order valence-corrected chi connectivity index (χ2v) is 6.66. The van der Waals surface area contributed by atoms with E-state index in [2.05, 4.69) is 21.2 Å². The molecule has 0 bridgehead atoms. The first-order valence-electron chi connectivity index (χ1n) is 7.04. The van der Waals surface area contributed by atoms with Crippen molar-refractivity contribution in [2.45, 2.75) is 0 Å². The molecule has 5 nitrogen and oxygen atoms in total. The number of amides is 1. The Labute approximate surface area is 162 Å². The Morgan fingerprint density at radius 1 is 1.08 bits per heavy atom. The first-order chi connectivity index (χ1) is 11.9. The Balaban J connectivity index is 1.82. The van der Waals surface area contributed by atoms with Crippen molar-refractivity contribution >= 4 is 56.8 Å². The van der Waals surface area contributed by atoms with Crippen LogP contribution < -0.4 is 5.32 Å². The topological polar surface area (TPSA) is 72.5 Å². The lowest BCUT2D eigenvalue weighted by Crippen LogP contribution is -2.31. The standard InChI is InChI=1S/C17H12BrCl2NO4/c18-11-3-1-2-10(6-11)17(24)21-8-16(23)25-9-15(22)13-5-4-12(19)7-14(13)20/h1-7H,8-9H2,(H,21,24). The summed E-state index contributed by atoms with van der Waals surface area (Å²) in [4.78, 5) is 35.5. The van der Waals surface area contributed by atoms with Gasteiger partial charge in [-0.25, -0.2) is 0 Å². The number of nitrogens with one attached hydrogen (secondary N) is 1. The van der Waals surface area contributed by atoms with E-state index < -0.39 is 24.3 Å². The first kappa shape index (κ1) is 19.4. The molecule has 0 aromatic heterocycles. The number of Topliss-reactive ketones (excluding diaryl/α,β-unsaturated/α-hetero) is 1. The molecule has 0 fully saturated rings. The van der Waals surface area contributed by atoms with Gasteiger partial charge in [-0.1, -0.05) is 45.2 Å². The second-order valence-electron chi connectivity index (χ2n) is 4.90. The maximum absolute atomic E-state index is 12.0. The third-order valence-electron chi connectivity index (χ3n) is 3.08. The fourth-order valence-electron chi connectivity index (χ4n) is 1.87. The SMILES string of the molecule is O=C(CNC(=O)c1cccc(Br)c1)OCC(=O)c1ccc(Cl)cc1Cl. The summed E-state index contributed by atoms with van der Waals surface area (Å²) >= 11 is 14.9. The summed E-state index contributed by atoms with van der Waals surface area (Å²) in [5, 5.41) is 2.99. The van der Waals surface area contributed by atoms with Gasteiger partial charge in [-0.05, 0) is 36.4 Å². The van der Waals surface area contributed by atoms with Crippen LogP contribution >= 0.6 is 39.1 Å². The zero-order valence-electron chi connectivity index (χ0n) is 12.7. The van der Waals surface area contributed by atoms with Gasteiger partial charge >= 0.3 is 5.97 Å². The van der Waals surface area contributed by atoms with Crippen molar-refractivity contribution < 1.29 is 19.1 Å². The Morgan fingerprint density at radius 2 is 1.84 bits per heavy atom. The Kier molecular flexibility index (Phi) is 6.99. The van der Waals surface area contributed by atoms with Crippen LogP contribution in [-0.2, 0) is 9.53 Å². The number of halogens is 3. The number of benzene rings is 2. The lowest BCUT2D eigenvalue weighted by Gasteiger charge is -2.07. The molecule has 0 aliphatic rings. The van der Waals surface area contributed by atoms with E-state index in [1.807, 2.05) is 0 Å². The van der Waals surface area contributed by atoms with Crippen LogP contribution in [0.2, 0.25) is 10.0 Å². The molecular weight excluding hydrogens is 433 g/mol. The van der Waals surface area contributed by atoms with Gasteiger partial charge in [-0.15, -0.1) is 0 Å². The quantitative estimate of drug-likeness (QED) is 0.541. The Hall–Kier alpha value is -1.89. The van der Waals surface area contributed by atoms with Crippen LogP contribution in [-0.4, -0.2) is 30.8 Å². The van der Waals surface area contributed by atoms with E-state index in [9.17, 15) is 14.4 Å². The Bertz CT molecular complexity index is 826. The fourth-order valence-corrected chi connectivity index (χ4v) is 2.79. The summed E-state index contributed by atoms with van der Waals surface area (Å²) in [6, 6.07) is 11.1. The normalized spacial score (nSPS) is 10.2. The highest BCUT2D eigenvalue weighted by Crippen LogP contribution is 2.21. The van der Waals surface area contributed by atoms with Crippen LogP contribution in [0.3, 0.4) is 0 Å². The lowest BCUT2D eigenvalue weighted by molar-refractivity contribution is -0.141. The predicted molar refractivity (Wildman–Crippen MR) is 98.2 cm³/mol. The molecule has 2 rings (SSSR count). The highest BCUT2D eigenvalue weighted by atomic mass is 79.9. The van der Waals surface area contributed by atoms with Gasteiger partial charge in [0.05, 0.1) is 5.02 Å². The van der Waals surface area contributed by atoms with Crippen molar-refractivity contribution in [2.24, 2.45) is 0 Å². The lowest BCUT2D eigenvalue weighted by atomic mass is 10.1. The van der Waals surface area contributed by atoms with Gasteiger partial charge in [-0.2, -0.15) is 0 Å². The summed E-state index contributed by atoms with van der Waals surface area (Å²) in [5.74, 6) is -1.62. The average Bonchev–Trinajstić information content (AvgIpc) is 2.57. The van der Waals surface area contributed by atoms with Crippen LogP contribution in [0.1, 0.15) is 20.7 Å². The smallest absolute Gasteiger partial charge is 0.325 e. The molecule has 2 aromatic rings. The fraction of sp³-hybridized carbons (Fsp3) is 0.118. The minimum Gasteiger partial charge on any atom is -0.456 e. The van der Waals surface area contributed by atoms with Crippen molar-refractivity contribution in [3.8, 4) is 0 Å². The number of carbonyl (C=O) groups excluding carboxylic acids is 3. The highest BCUT2D eigenvalue weighted by Gasteiger charge is 2.14. The molecule has 130 valence electrons. The molecule has 2 aromatic carbocycles. The van der Waals surface area contributed by atoms with Crippen molar-refractivity contribution in [3.05, 3.63) is 68.1 Å². The first-order valence-corrected chi connectivity index (χ1v) is 8.59. The molecule has 1 N–H and O–H groups in total. The van der Waals surface area contributed by atoms with E-state index in [0.29, 0.717) is 10.6 Å². The van der Waals surface area contributed by atoms with Gasteiger partial charge in [0, 0.05) is 20.6 Å². The number of hydrogen-bond acceptors (Lipinski definition) is 4. The van der Waals surface area contributed by atoms with E-state index in [0.717, 1.165) is 4.47 Å². The van der Waals surface area contributed by atoms with Gasteiger partial charge in [0.15, 0.2) is 6.61 Å². The van der Waals surface area contributed by atoms with Gasteiger partial charge in [-0.3, -0.25) is 14.4 Å². The van der Waals surface area contributed by atoms with Crippen LogP contribution in [0.5, 0.6) is 0 Å². The highest BCUT2D eigenvalue weighted by molar-refractivity contribution is 9.10. The number of esters is 1. The number of hydrogen-bond donors (Lipinski definition) is 1. The molecule has 25 heavy (non-hydrogen) atoms. The average molecular weight is 445 g/mol. The molecule has 0 atom stereocenters. The van der Waals surface area contributed by atoms with Crippen LogP contribution in [0, 0.1) is 0 Å². The third kappa shape index (κ3) is 5.85. The van der Waals surface area contributed by atoms with Crippen molar-refractivity contribution in [1.29, 1.82) is 0 Å². The van der Waals surface area contributed by atoms with Crippen LogP contribution in [0.4, 0.5) is 0 Å². The van der Waals surface area contributed by atoms with E-state index >= 15 is 0 Å². The zero-order chi connectivity index (χ0) is 18.4. The minimum absolute atomic E-state index is 0.177. The van der Waals surface area contributed by atoms with Crippen molar-refractivity contribution in [2.75, 3.05) is 13.2 Å². The Morgan fingerprint density at radius 3 is 2.52 bits per heavy atom. The minimum atomic E-state index is -0.734. The van der Waals surface area contributed by atoms with E-state index in [1.54, 1.807) is 24.3 Å². The van der Waals surface area contributed by atoms with Crippen molar-refractivity contribution in [3.63, 3.8) is 0 Å². The van der Waals surface area contributed by atoms with Gasteiger partial charge in [0.25, 0.3) is 5.91 Å². The molecule has 0 saturated carbocycles. The van der Waals surface area contributed by atoms with E-state index in [4.69, 9.17) is 27.9 Å². The van der Waals surface area contributed by atoms with Crippen LogP contribution in [0.25, 0.3) is 0 Å². The number of ketones is 1. The van der Waals surface area contributed by atoms with Gasteiger partial charge in [0.1, 0.15) is 6.54 Å². The molecule has 1 amide bonds. The maximum Gasteiger partial charge on any atom is 0.325 e. The monoisotopic (exact) mass is 443 g/mol. The predicted octanol–water partition coefficient (Wildman–Crippen LogP) is 3.91. The molecule has 0 saturated heterocycles. The molecule has 0 heterocycles. The summed E-state index contributed by atoms with van der Waals surface area (Å²) in [6.07, 6.45) is 0. The van der Waals surface area contributed by atoms with E-state index in [-0.39, 0.29) is 17.1 Å². The zero-order valence-corrected chi connectivity index (χ0v) is 15.8. The molecule has 0 spiro atoms. The molecule has 0 aliphatic heterocycles. The largest absolute Gasteiger partial charge is 0.456 e. The molecular formula is C17H12BrCl2NO4. The van der Waals surface area contributed by atoms with Crippen molar-refractivity contribution in [1.82, 2.24) is 5.32 Å². The maximum atomic E-state index is 12.0. The third-order valence-corrected chi connectivity index (χ3v) is 4.12. The van der Waals surface area contributed by atoms with E-state index in [1.165, 1.54) is 18.2 Å². The summed E-state index contributed by atoms with van der Waals surface area (Å²) in [6.45, 7) is -0.833. The second kappa shape index (κ2) is 8.99. The summed E-state index contributed by atoms with van der Waals surface area (Å²) < 4.78 is 5.59. The number of carbonyl (C=O) groups is 3. The molecule has 0 radical (unpaired) electrons. The number of rotatable bonds is 6. The molecule has 0 unspecified atom stereocenters. The number of ether oxygens (including phenoxy) is 1. The molecule has 8 heteroatoms. The summed E-state index contributed by atoms with van der Waals surface area (Å²) in [7, 11) is 0. The summed E-state index contributed by atoms with van der Waals surface area (Å²) in [5.41, 5.74) is 0.600. The van der Waals surface area contributed by atoms with Gasteiger partial charge < -0.3 is 10.1 Å². The van der Waals surface area contributed by atoms with Crippen LogP contribution in [0.15, 0.2) is 46.9 Å². The molecule has 0 aliphatic carbocycles.